The summed E-state index contributed by atoms with van der Waals surface area (Å²) in [6.07, 6.45) is 0.0744. The van der Waals surface area contributed by atoms with Crippen LogP contribution in [0.5, 0.6) is 0 Å². The molecular formula is C17H23NO3. The molecule has 1 aliphatic heterocycles. The monoisotopic (exact) mass is 289 g/mol. The molecule has 1 aromatic carbocycles. The number of aliphatic carboxylic acids is 1. The van der Waals surface area contributed by atoms with Crippen molar-refractivity contribution in [3.8, 4) is 0 Å². The molecule has 1 heterocycles. The number of carboxylic acid groups (broad SMARTS) is 1. The lowest BCUT2D eigenvalue weighted by molar-refractivity contribution is -0.142. The highest BCUT2D eigenvalue weighted by Crippen LogP contribution is 2.44. The second kappa shape index (κ2) is 5.17. The largest absolute Gasteiger partial charge is 0.481 e. The third kappa shape index (κ3) is 2.67. The molecule has 1 aliphatic rings. The molecule has 0 radical (unpaired) electrons. The van der Waals surface area contributed by atoms with Gasteiger partial charge in [0.15, 0.2) is 0 Å². The van der Waals surface area contributed by atoms with Crippen molar-refractivity contribution < 1.29 is 14.7 Å². The molecule has 0 saturated carbocycles. The number of rotatable bonds is 2. The molecule has 0 spiro atoms. The molecule has 0 aromatic heterocycles. The number of carbonyl (C=O) groups excluding carboxylic acids is 1. The normalized spacial score (nSPS) is 22.7. The molecule has 0 aliphatic carbocycles. The molecule has 21 heavy (non-hydrogen) atoms. The van der Waals surface area contributed by atoms with Crippen molar-refractivity contribution in [2.24, 2.45) is 5.92 Å². The van der Waals surface area contributed by atoms with E-state index < -0.39 is 23.5 Å². The highest BCUT2D eigenvalue weighted by atomic mass is 16.4. The predicted molar refractivity (Wildman–Crippen MR) is 81.0 cm³/mol. The van der Waals surface area contributed by atoms with Crippen molar-refractivity contribution in [3.63, 3.8) is 0 Å². The number of hydrogen-bond donors (Lipinski definition) is 1. The van der Waals surface area contributed by atoms with Gasteiger partial charge < -0.3 is 10.0 Å². The highest BCUT2D eigenvalue weighted by Gasteiger charge is 2.49. The first-order valence-electron chi connectivity index (χ1n) is 7.25. The molecule has 1 amide bonds. The van der Waals surface area contributed by atoms with Gasteiger partial charge in [0.1, 0.15) is 0 Å². The van der Waals surface area contributed by atoms with Crippen LogP contribution in [-0.4, -0.2) is 27.4 Å². The van der Waals surface area contributed by atoms with Gasteiger partial charge in [-0.25, -0.2) is 0 Å². The summed E-state index contributed by atoms with van der Waals surface area (Å²) >= 11 is 0. The van der Waals surface area contributed by atoms with Crippen molar-refractivity contribution in [3.05, 3.63) is 34.9 Å². The topological polar surface area (TPSA) is 57.6 Å². The summed E-state index contributed by atoms with van der Waals surface area (Å²) in [7, 11) is 0. The predicted octanol–water partition coefficient (Wildman–Crippen LogP) is 3.08. The molecule has 1 aromatic rings. The Bertz CT molecular complexity index is 566. The van der Waals surface area contributed by atoms with E-state index in [1.807, 2.05) is 52.8 Å². The van der Waals surface area contributed by atoms with E-state index >= 15 is 0 Å². The van der Waals surface area contributed by atoms with Crippen LogP contribution < -0.4 is 0 Å². The third-order valence-corrected chi connectivity index (χ3v) is 4.20. The van der Waals surface area contributed by atoms with Gasteiger partial charge in [-0.2, -0.15) is 0 Å². The van der Waals surface area contributed by atoms with Gasteiger partial charge >= 0.3 is 5.97 Å². The molecule has 2 atom stereocenters. The lowest BCUT2D eigenvalue weighted by Crippen LogP contribution is -2.45. The Hall–Kier alpha value is -1.84. The van der Waals surface area contributed by atoms with Crippen LogP contribution in [0.15, 0.2) is 18.2 Å². The molecule has 0 bridgehead atoms. The van der Waals surface area contributed by atoms with E-state index in [0.29, 0.717) is 0 Å². The first kappa shape index (κ1) is 15.5. The second-order valence-corrected chi connectivity index (χ2v) is 6.83. The molecule has 2 rings (SSSR count). The Labute approximate surface area is 125 Å². The average Bonchev–Trinajstić information content (AvgIpc) is 2.66. The molecule has 4 heteroatoms. The lowest BCUT2D eigenvalue weighted by Gasteiger charge is -2.39. The molecule has 1 fully saturated rings. The van der Waals surface area contributed by atoms with Gasteiger partial charge in [0.25, 0.3) is 0 Å². The zero-order chi connectivity index (χ0) is 15.9. The van der Waals surface area contributed by atoms with Crippen molar-refractivity contribution in [2.75, 3.05) is 0 Å². The number of hydrogen-bond acceptors (Lipinski definition) is 2. The number of carboxylic acids is 1. The Kier molecular flexibility index (Phi) is 3.83. The summed E-state index contributed by atoms with van der Waals surface area (Å²) < 4.78 is 0. The van der Waals surface area contributed by atoms with Crippen molar-refractivity contribution in [1.82, 2.24) is 4.90 Å². The lowest BCUT2D eigenvalue weighted by atomic mass is 9.86. The Morgan fingerprint density at radius 2 is 1.76 bits per heavy atom. The van der Waals surface area contributed by atoms with Crippen molar-refractivity contribution in [1.29, 1.82) is 0 Å². The molecule has 2 unspecified atom stereocenters. The van der Waals surface area contributed by atoms with E-state index in [4.69, 9.17) is 0 Å². The summed E-state index contributed by atoms with van der Waals surface area (Å²) in [5.74, 6) is -1.66. The minimum Gasteiger partial charge on any atom is -0.481 e. The van der Waals surface area contributed by atoms with Crippen LogP contribution in [0, 0.1) is 19.8 Å². The molecule has 1 saturated heterocycles. The number of amides is 1. The van der Waals surface area contributed by atoms with E-state index in [1.54, 1.807) is 4.90 Å². The first-order chi connectivity index (χ1) is 9.64. The van der Waals surface area contributed by atoms with Crippen LogP contribution in [0.2, 0.25) is 0 Å². The van der Waals surface area contributed by atoms with Crippen LogP contribution in [-0.2, 0) is 9.59 Å². The van der Waals surface area contributed by atoms with E-state index in [1.165, 1.54) is 0 Å². The zero-order valence-corrected chi connectivity index (χ0v) is 13.3. The van der Waals surface area contributed by atoms with E-state index in [2.05, 4.69) is 0 Å². The van der Waals surface area contributed by atoms with Crippen LogP contribution in [0.3, 0.4) is 0 Å². The zero-order valence-electron chi connectivity index (χ0n) is 13.3. The number of carbonyl (C=O) groups is 2. The Morgan fingerprint density at radius 3 is 2.19 bits per heavy atom. The third-order valence-electron chi connectivity index (χ3n) is 4.20. The first-order valence-corrected chi connectivity index (χ1v) is 7.25. The Balaban J connectivity index is 2.63. The standard InChI is InChI=1S/C17H23NO3/c1-10-7-6-8-11(2)14(10)15-12(16(20)21)9-13(19)18(15)17(3,4)5/h6-8,12,15H,9H2,1-5H3,(H,20,21). The maximum atomic E-state index is 12.4. The minimum atomic E-state index is -0.900. The summed E-state index contributed by atoms with van der Waals surface area (Å²) in [5, 5.41) is 9.55. The summed E-state index contributed by atoms with van der Waals surface area (Å²) in [6.45, 7) is 9.82. The Morgan fingerprint density at radius 1 is 1.24 bits per heavy atom. The van der Waals surface area contributed by atoms with Gasteiger partial charge in [-0.05, 0) is 51.3 Å². The molecule has 4 nitrogen and oxygen atoms in total. The fraction of sp³-hybridized carbons (Fsp3) is 0.529. The highest BCUT2D eigenvalue weighted by molar-refractivity contribution is 5.88. The van der Waals surface area contributed by atoms with Gasteiger partial charge in [-0.3, -0.25) is 9.59 Å². The second-order valence-electron chi connectivity index (χ2n) is 6.83. The van der Waals surface area contributed by atoms with Crippen LogP contribution in [0.4, 0.5) is 0 Å². The van der Waals surface area contributed by atoms with Crippen LogP contribution >= 0.6 is 0 Å². The van der Waals surface area contributed by atoms with Crippen molar-refractivity contribution in [2.45, 2.75) is 52.6 Å². The number of likely N-dealkylation sites (tertiary alicyclic amines) is 1. The van der Waals surface area contributed by atoms with Crippen molar-refractivity contribution >= 4 is 11.9 Å². The number of aryl methyl sites for hydroxylation is 2. The molecule has 1 N–H and O–H groups in total. The number of nitrogens with zero attached hydrogens (tertiary/aromatic N) is 1. The van der Waals surface area contributed by atoms with E-state index in [9.17, 15) is 14.7 Å². The van der Waals surface area contributed by atoms with Gasteiger partial charge in [0.2, 0.25) is 5.91 Å². The molecule has 114 valence electrons. The fourth-order valence-electron chi connectivity index (χ4n) is 3.37. The SMILES string of the molecule is Cc1cccc(C)c1C1C(C(=O)O)CC(=O)N1C(C)(C)C. The van der Waals surface area contributed by atoms with Gasteiger partial charge in [0, 0.05) is 12.0 Å². The van der Waals surface area contributed by atoms with Gasteiger partial charge in [-0.15, -0.1) is 0 Å². The summed E-state index contributed by atoms with van der Waals surface area (Å²) in [4.78, 5) is 25.8. The van der Waals surface area contributed by atoms with Gasteiger partial charge in [0.05, 0.1) is 12.0 Å². The van der Waals surface area contributed by atoms with E-state index in [0.717, 1.165) is 16.7 Å². The van der Waals surface area contributed by atoms with Crippen LogP contribution in [0.25, 0.3) is 0 Å². The van der Waals surface area contributed by atoms with Gasteiger partial charge in [-0.1, -0.05) is 18.2 Å². The van der Waals surface area contributed by atoms with E-state index in [-0.39, 0.29) is 12.3 Å². The fourth-order valence-corrected chi connectivity index (χ4v) is 3.37. The summed E-state index contributed by atoms with van der Waals surface area (Å²) in [6, 6.07) is 5.52. The summed E-state index contributed by atoms with van der Waals surface area (Å²) in [5.41, 5.74) is 2.65. The smallest absolute Gasteiger partial charge is 0.309 e. The number of benzene rings is 1. The maximum absolute atomic E-state index is 12.4. The average molecular weight is 289 g/mol. The minimum absolute atomic E-state index is 0.0744. The maximum Gasteiger partial charge on any atom is 0.309 e. The quantitative estimate of drug-likeness (QED) is 0.910. The molecular weight excluding hydrogens is 266 g/mol. The van der Waals surface area contributed by atoms with Crippen LogP contribution in [0.1, 0.15) is 49.9 Å².